The molecule has 0 aliphatic heterocycles. The molecule has 306 valence electrons. The van der Waals surface area contributed by atoms with Crippen molar-refractivity contribution in [1.29, 1.82) is 0 Å². The van der Waals surface area contributed by atoms with Gasteiger partial charge in [0.15, 0.2) is 11.7 Å². The third kappa shape index (κ3) is 4.85. The number of fused-ring (bicyclic) bond motifs is 2. The lowest BCUT2D eigenvalue weighted by Gasteiger charge is -2.69. The van der Waals surface area contributed by atoms with Crippen molar-refractivity contribution in [1.82, 2.24) is 0 Å². The Hall–Kier alpha value is -4.76. The van der Waals surface area contributed by atoms with Crippen molar-refractivity contribution < 1.29 is 39.9 Å². The Kier molecular flexibility index (Phi) is 8.88. The fourth-order valence-electron chi connectivity index (χ4n) is 14.0. The van der Waals surface area contributed by atoms with Gasteiger partial charge in [0, 0.05) is 64.8 Å². The number of carboxylic acids is 1. The number of aliphatic imine (C=N–C) groups is 1. The number of ketones is 2. The highest BCUT2D eigenvalue weighted by Gasteiger charge is 2.83. The quantitative estimate of drug-likeness (QED) is 0.0515. The van der Waals surface area contributed by atoms with Gasteiger partial charge in [-0.1, -0.05) is 88.4 Å². The summed E-state index contributed by atoms with van der Waals surface area (Å²) in [5.41, 5.74) is 4.39. The fraction of sp³-hybridized carbons (Fsp3) is 0.532. The van der Waals surface area contributed by atoms with Crippen molar-refractivity contribution in [3.63, 3.8) is 0 Å². The van der Waals surface area contributed by atoms with Crippen LogP contribution >= 0.6 is 0 Å². The van der Waals surface area contributed by atoms with E-state index in [2.05, 4.69) is 23.8 Å². The van der Waals surface area contributed by atoms with Gasteiger partial charge < -0.3 is 37.0 Å². The summed E-state index contributed by atoms with van der Waals surface area (Å²) in [5, 5.41) is 60.5. The number of carbonyl (C=O) groups is 3. The molecule has 2 saturated carbocycles. The first-order chi connectivity index (χ1) is 27.2. The van der Waals surface area contributed by atoms with Crippen molar-refractivity contribution in [2.24, 2.45) is 67.2 Å². The third-order valence-electron chi connectivity index (χ3n) is 16.6. The molecule has 11 nitrogen and oxygen atoms in total. The zero-order chi connectivity index (χ0) is 42.0. The Balaban J connectivity index is 1.44. The molecule has 8 rings (SSSR count). The summed E-state index contributed by atoms with van der Waals surface area (Å²) in [7, 11) is 0. The highest BCUT2D eigenvalue weighted by atomic mass is 16.4. The van der Waals surface area contributed by atoms with Crippen LogP contribution in [0.1, 0.15) is 85.1 Å². The number of aliphatic carboxylic acids is 1. The van der Waals surface area contributed by atoms with Gasteiger partial charge >= 0.3 is 5.97 Å². The zero-order valence-electron chi connectivity index (χ0n) is 33.8. The Morgan fingerprint density at radius 1 is 1.00 bits per heavy atom. The zero-order valence-corrected chi connectivity index (χ0v) is 33.8. The van der Waals surface area contributed by atoms with Crippen LogP contribution in [0.25, 0.3) is 6.08 Å². The molecule has 2 fully saturated rings. The van der Waals surface area contributed by atoms with E-state index < -0.39 is 91.4 Å². The summed E-state index contributed by atoms with van der Waals surface area (Å²) in [6.07, 6.45) is 10.8. The highest BCUT2D eigenvalue weighted by molar-refractivity contribution is 6.02. The molecule has 0 heterocycles. The normalized spacial score (nSPS) is 44.4. The Labute approximate surface area is 339 Å². The van der Waals surface area contributed by atoms with Crippen LogP contribution in [0.2, 0.25) is 0 Å². The number of nitrogens with two attached hydrogens (primary N) is 2. The van der Waals surface area contributed by atoms with Crippen LogP contribution in [0.4, 0.5) is 0 Å². The monoisotopic (exact) mass is 789 g/mol. The minimum absolute atomic E-state index is 0.0244. The first-order valence-electron chi connectivity index (χ1n) is 20.4. The molecule has 0 radical (unpaired) electrons. The minimum atomic E-state index is -1.80. The van der Waals surface area contributed by atoms with Crippen molar-refractivity contribution in [3.8, 4) is 11.8 Å². The molecule has 1 aromatic carbocycles. The van der Waals surface area contributed by atoms with Crippen molar-refractivity contribution in [2.75, 3.05) is 0 Å². The van der Waals surface area contributed by atoms with E-state index in [9.17, 15) is 35.1 Å². The fourth-order valence-corrected chi connectivity index (χ4v) is 14.0. The number of rotatable bonds is 6. The summed E-state index contributed by atoms with van der Waals surface area (Å²) in [5.74, 6) is 1.32. The van der Waals surface area contributed by atoms with Gasteiger partial charge in [-0.15, -0.1) is 11.8 Å². The predicted molar refractivity (Wildman–Crippen MR) is 218 cm³/mol. The molecule has 58 heavy (non-hydrogen) atoms. The maximum atomic E-state index is 15.6. The van der Waals surface area contributed by atoms with E-state index in [1.54, 1.807) is 18.2 Å². The Bertz CT molecular complexity index is 2260. The molecule has 0 aromatic heterocycles. The van der Waals surface area contributed by atoms with Crippen LogP contribution in [-0.2, 0) is 14.4 Å². The molecule has 13 atom stereocenters. The first-order valence-corrected chi connectivity index (χ1v) is 20.4. The average molecular weight is 790 g/mol. The molecule has 11 heteroatoms. The van der Waals surface area contributed by atoms with Gasteiger partial charge in [0.1, 0.15) is 23.2 Å². The molecule has 9 N–H and O–H groups in total. The third-order valence-corrected chi connectivity index (χ3v) is 16.6. The van der Waals surface area contributed by atoms with E-state index in [1.807, 2.05) is 69.3 Å². The van der Waals surface area contributed by atoms with Crippen molar-refractivity contribution in [3.05, 3.63) is 88.8 Å². The number of Topliss-reactive ketones (excluding diaryl/α,β-unsaturated/α-hetero) is 2. The summed E-state index contributed by atoms with van der Waals surface area (Å²) >= 11 is 0. The molecule has 1 aromatic rings. The van der Waals surface area contributed by atoms with Crippen LogP contribution in [-0.4, -0.2) is 72.4 Å². The lowest BCUT2D eigenvalue weighted by molar-refractivity contribution is -0.169. The maximum absolute atomic E-state index is 15.6. The molecular formula is C47H55N3O8. The first kappa shape index (κ1) is 40.0. The van der Waals surface area contributed by atoms with E-state index in [4.69, 9.17) is 11.5 Å². The minimum Gasteiger partial charge on any atom is -0.509 e. The smallest absolute Gasteiger partial charge is 0.334 e. The van der Waals surface area contributed by atoms with Gasteiger partial charge in [-0.05, 0) is 60.6 Å². The van der Waals surface area contributed by atoms with Crippen LogP contribution in [0.5, 0.6) is 0 Å². The second kappa shape index (κ2) is 12.9. The number of allylic oxidation sites excluding steroid dienone is 2. The van der Waals surface area contributed by atoms with Crippen LogP contribution in [0.3, 0.4) is 0 Å². The summed E-state index contributed by atoms with van der Waals surface area (Å²) < 4.78 is 0. The number of nitrogens with zero attached hydrogens (tertiary/aromatic N) is 1. The highest BCUT2D eigenvalue weighted by Crippen LogP contribution is 2.83. The second-order valence-electron chi connectivity index (χ2n) is 19.0. The number of carboxylic acid groups (broad SMARTS) is 1. The summed E-state index contributed by atoms with van der Waals surface area (Å²) in [6.45, 7) is 9.10. The topological polar surface area (TPSA) is 217 Å². The maximum Gasteiger partial charge on any atom is 0.334 e. The number of guanidine groups is 1. The van der Waals surface area contributed by atoms with Crippen LogP contribution in [0.15, 0.2) is 88.2 Å². The van der Waals surface area contributed by atoms with Crippen molar-refractivity contribution >= 4 is 29.6 Å². The van der Waals surface area contributed by atoms with Crippen LogP contribution < -0.4 is 11.5 Å². The summed E-state index contributed by atoms with van der Waals surface area (Å²) in [6, 6.07) is 8.84. The van der Waals surface area contributed by atoms with E-state index >= 15 is 4.79 Å². The summed E-state index contributed by atoms with van der Waals surface area (Å²) in [4.78, 5) is 46.3. The number of hydrogen-bond acceptors (Lipinski definition) is 8. The van der Waals surface area contributed by atoms with Gasteiger partial charge in [-0.25, -0.2) is 9.79 Å². The molecular weight excluding hydrogens is 735 g/mol. The number of hydrogen-bond donors (Lipinski definition) is 7. The predicted octanol–water partition coefficient (Wildman–Crippen LogP) is 4.93. The van der Waals surface area contributed by atoms with Crippen molar-refractivity contribution in [2.45, 2.75) is 103 Å². The average Bonchev–Trinajstić information content (AvgIpc) is 3.32. The van der Waals surface area contributed by atoms with Crippen LogP contribution in [0, 0.1) is 62.6 Å². The van der Waals surface area contributed by atoms with E-state index in [0.29, 0.717) is 24.0 Å². The molecule has 7 aliphatic carbocycles. The van der Waals surface area contributed by atoms with E-state index in [0.717, 1.165) is 5.56 Å². The largest absolute Gasteiger partial charge is 0.509 e. The molecule has 0 saturated heterocycles. The number of aliphatic hydroxyl groups excluding tert-OH is 2. The molecule has 7 aliphatic rings. The van der Waals surface area contributed by atoms with Gasteiger partial charge in [0.25, 0.3) is 0 Å². The van der Waals surface area contributed by atoms with Gasteiger partial charge in [-0.2, -0.15) is 0 Å². The molecule has 4 bridgehead atoms. The molecule has 13 unspecified atom stereocenters. The standard InChI is InChI=1S/C47H55N3O8/c1-26(39(55)56)35(53)36(54)33-27(2)44(21-16-30(33)50-40(48)49)25-45(57)22-23-46(58)29(15-14-28-12-8-6-9-13-28)37-41(3)18-10-7-11-19-47(45)38(46)34(31(51)24-43(44,47)5)42(37,4)20-17-32(41)52/h6,8-9,12-16,21-23,27,29-30,33,36-37,53-54,57-58H,11,17-20,24-25H2,1-5H3,(H,55,56)(H4,48,49,50). The lowest BCUT2D eigenvalue weighted by atomic mass is 9.34. The number of carbonyl (C=O) groups excluding carboxylic acids is 2. The number of aliphatic hydroxyl groups is 4. The van der Waals surface area contributed by atoms with Gasteiger partial charge in [0.2, 0.25) is 0 Å². The van der Waals surface area contributed by atoms with E-state index in [1.165, 1.54) is 6.92 Å². The molecule has 0 amide bonds. The molecule has 2 spiro atoms. The second-order valence-corrected chi connectivity index (χ2v) is 19.0. The van der Waals surface area contributed by atoms with Gasteiger partial charge in [-0.3, -0.25) is 9.59 Å². The Morgan fingerprint density at radius 3 is 2.38 bits per heavy atom. The van der Waals surface area contributed by atoms with E-state index in [-0.39, 0.29) is 49.6 Å². The van der Waals surface area contributed by atoms with Gasteiger partial charge in [0.05, 0.1) is 17.2 Å². The Morgan fingerprint density at radius 2 is 1.71 bits per heavy atom. The lowest BCUT2D eigenvalue weighted by Crippen LogP contribution is -2.71. The SMILES string of the molecule is CC(C(=O)O)=C(O)C(O)C1C(N=C(N)N)C=CC2(CC3(O)C=CC4(O)C5=C6C(=O)CC2(C)C53CCC#CCC2(C)C(=O)CCC6(C)C2C4C=Cc2ccccc2)C1C. The number of benzene rings is 1.